The van der Waals surface area contributed by atoms with Gasteiger partial charge in [-0.2, -0.15) is 15.0 Å². The number of Topliss-reactive ketones (excluding diaryl/α,β-unsaturated/α-hetero) is 1. The van der Waals surface area contributed by atoms with E-state index >= 15 is 0 Å². The van der Waals surface area contributed by atoms with E-state index in [4.69, 9.17) is 4.74 Å². The van der Waals surface area contributed by atoms with Gasteiger partial charge in [-0.05, 0) is 91.8 Å². The van der Waals surface area contributed by atoms with Crippen molar-refractivity contribution in [1.29, 1.82) is 0 Å². The minimum atomic E-state index is -0.947. The lowest BCUT2D eigenvalue weighted by atomic mass is 9.44. The Hall–Kier alpha value is -1.89. The first kappa shape index (κ1) is 24.4. The summed E-state index contributed by atoms with van der Waals surface area (Å²) in [5.41, 5.74) is 0.878. The second kappa shape index (κ2) is 8.85. The molecule has 4 fully saturated rings. The average molecular weight is 500 g/mol. The summed E-state index contributed by atoms with van der Waals surface area (Å²) in [6, 6.07) is 2.09. The van der Waals surface area contributed by atoms with Gasteiger partial charge in [0.05, 0.1) is 6.61 Å². The molecule has 36 heavy (non-hydrogen) atoms. The van der Waals surface area contributed by atoms with Crippen LogP contribution in [0.15, 0.2) is 12.1 Å². The first-order chi connectivity index (χ1) is 17.2. The summed E-state index contributed by atoms with van der Waals surface area (Å²) in [6.07, 6.45) is 10.9. The fraction of sp³-hybridized carbons (Fsp3) is 0.759. The number of ether oxygens (including phenoxy) is 1. The maximum absolute atomic E-state index is 13.6. The zero-order chi connectivity index (χ0) is 25.2. The molecule has 0 radical (unpaired) electrons. The molecule has 0 aliphatic heterocycles. The van der Waals surface area contributed by atoms with Crippen molar-refractivity contribution in [3.8, 4) is 0 Å². The molecule has 0 spiro atoms. The second-order valence-electron chi connectivity index (χ2n) is 12.8. The van der Waals surface area contributed by atoms with E-state index in [9.17, 15) is 13.6 Å². The zero-order valence-electron chi connectivity index (χ0n) is 21.8. The normalized spacial score (nSPS) is 40.0. The molecule has 5 nitrogen and oxygen atoms in total. The largest absolute Gasteiger partial charge is 0.384 e. The number of methoxy groups -OCH3 is 1. The third-order valence-corrected chi connectivity index (χ3v) is 11.2. The highest BCUT2D eigenvalue weighted by Crippen LogP contribution is 2.68. The molecule has 7 heteroatoms. The molecule has 0 N–H and O–H groups in total. The minimum absolute atomic E-state index is 0.00601. The molecule has 2 aromatic rings. The molecule has 1 aromatic carbocycles. The summed E-state index contributed by atoms with van der Waals surface area (Å²) in [6.45, 7) is 5.72. The molecular weight excluding hydrogens is 460 g/mol. The van der Waals surface area contributed by atoms with Gasteiger partial charge in [0, 0.05) is 25.2 Å². The van der Waals surface area contributed by atoms with E-state index in [-0.39, 0.29) is 34.7 Å². The predicted molar refractivity (Wildman–Crippen MR) is 133 cm³/mol. The number of hydrogen-bond donors (Lipinski definition) is 0. The van der Waals surface area contributed by atoms with Crippen molar-refractivity contribution in [3.05, 3.63) is 23.8 Å². The van der Waals surface area contributed by atoms with Crippen LogP contribution >= 0.6 is 0 Å². The van der Waals surface area contributed by atoms with Crippen molar-refractivity contribution in [3.63, 3.8) is 0 Å². The van der Waals surface area contributed by atoms with Crippen LogP contribution in [0.3, 0.4) is 0 Å². The van der Waals surface area contributed by atoms with Gasteiger partial charge in [-0.15, -0.1) is 0 Å². The molecule has 0 bridgehead atoms. The Morgan fingerprint density at radius 1 is 1.03 bits per heavy atom. The van der Waals surface area contributed by atoms with Crippen molar-refractivity contribution in [2.45, 2.75) is 78.2 Å². The topological polar surface area (TPSA) is 57.0 Å². The first-order valence-electron chi connectivity index (χ1n) is 14.0. The lowest BCUT2D eigenvalue weighted by molar-refractivity contribution is -0.154. The number of carbonyl (C=O) groups is 1. The Kier molecular flexibility index (Phi) is 6.01. The zero-order valence-corrected chi connectivity index (χ0v) is 21.8. The van der Waals surface area contributed by atoms with Crippen LogP contribution < -0.4 is 0 Å². The molecule has 1 heterocycles. The number of rotatable bonds is 5. The van der Waals surface area contributed by atoms with Crippen LogP contribution in [0.5, 0.6) is 0 Å². The van der Waals surface area contributed by atoms with Crippen LogP contribution in [0.1, 0.15) is 71.6 Å². The summed E-state index contributed by atoms with van der Waals surface area (Å²) in [7, 11) is 1.88. The summed E-state index contributed by atoms with van der Waals surface area (Å²) >= 11 is 0. The van der Waals surface area contributed by atoms with Crippen molar-refractivity contribution in [2.75, 3.05) is 13.7 Å². The van der Waals surface area contributed by atoms with Gasteiger partial charge in [0.25, 0.3) is 0 Å². The molecular formula is C29H39F2N3O2. The summed E-state index contributed by atoms with van der Waals surface area (Å²) in [4.78, 5) is 14.9. The Bertz CT molecular complexity index is 1130. The van der Waals surface area contributed by atoms with E-state index in [2.05, 4.69) is 24.0 Å². The van der Waals surface area contributed by atoms with E-state index in [1.807, 2.05) is 7.11 Å². The number of ketones is 1. The maximum atomic E-state index is 13.6. The molecule has 7 unspecified atom stereocenters. The molecule has 4 aliphatic rings. The van der Waals surface area contributed by atoms with E-state index in [0.29, 0.717) is 23.2 Å². The highest BCUT2D eigenvalue weighted by atomic mass is 19.2. The Morgan fingerprint density at radius 2 is 1.75 bits per heavy atom. The monoisotopic (exact) mass is 499 g/mol. The van der Waals surface area contributed by atoms with E-state index in [1.165, 1.54) is 43.3 Å². The third-order valence-electron chi connectivity index (χ3n) is 11.2. The molecule has 6 rings (SSSR count). The van der Waals surface area contributed by atoms with Gasteiger partial charge in [0.2, 0.25) is 0 Å². The van der Waals surface area contributed by atoms with Crippen LogP contribution in [0.2, 0.25) is 0 Å². The number of halogens is 2. The smallest absolute Gasteiger partial charge is 0.161 e. The maximum Gasteiger partial charge on any atom is 0.161 e. The lowest BCUT2D eigenvalue weighted by Crippen LogP contribution is -2.56. The Morgan fingerprint density at radius 3 is 2.44 bits per heavy atom. The fourth-order valence-corrected chi connectivity index (χ4v) is 9.62. The van der Waals surface area contributed by atoms with Crippen molar-refractivity contribution < 1.29 is 18.3 Å². The molecule has 4 saturated carbocycles. The van der Waals surface area contributed by atoms with Crippen molar-refractivity contribution >= 4 is 16.8 Å². The molecule has 196 valence electrons. The molecule has 8 atom stereocenters. The summed E-state index contributed by atoms with van der Waals surface area (Å²) in [5, 5.41) is 8.53. The number of nitrogens with zero attached hydrogens (tertiary/aromatic N) is 3. The predicted octanol–water partition coefficient (Wildman–Crippen LogP) is 6.20. The lowest BCUT2D eigenvalue weighted by Gasteiger charge is -2.61. The van der Waals surface area contributed by atoms with Gasteiger partial charge < -0.3 is 4.74 Å². The van der Waals surface area contributed by atoms with Gasteiger partial charge in [-0.1, -0.05) is 20.3 Å². The number of carbonyl (C=O) groups excluding carboxylic acids is 1. The number of hydrogen-bond acceptors (Lipinski definition) is 4. The molecule has 4 aliphatic carbocycles. The second-order valence-corrected chi connectivity index (χ2v) is 12.8. The number of benzene rings is 1. The van der Waals surface area contributed by atoms with Crippen molar-refractivity contribution in [1.82, 2.24) is 15.0 Å². The van der Waals surface area contributed by atoms with Gasteiger partial charge in [0.1, 0.15) is 17.6 Å². The Labute approximate surface area is 212 Å². The summed E-state index contributed by atoms with van der Waals surface area (Å²) < 4.78 is 33.1. The van der Waals surface area contributed by atoms with Crippen LogP contribution in [-0.4, -0.2) is 34.5 Å². The first-order valence-corrected chi connectivity index (χ1v) is 14.0. The van der Waals surface area contributed by atoms with E-state index in [0.717, 1.165) is 49.8 Å². The molecule has 0 saturated heterocycles. The summed E-state index contributed by atoms with van der Waals surface area (Å²) in [5.74, 6) is 1.82. The van der Waals surface area contributed by atoms with Crippen LogP contribution in [0.25, 0.3) is 11.0 Å². The van der Waals surface area contributed by atoms with Gasteiger partial charge in [0.15, 0.2) is 17.4 Å². The van der Waals surface area contributed by atoms with Crippen LogP contribution in [-0.2, 0) is 16.1 Å². The van der Waals surface area contributed by atoms with Crippen LogP contribution in [0, 0.1) is 58.0 Å². The van der Waals surface area contributed by atoms with E-state index < -0.39 is 11.6 Å². The average Bonchev–Trinajstić information content (AvgIpc) is 3.39. The highest BCUT2D eigenvalue weighted by molar-refractivity contribution is 5.82. The van der Waals surface area contributed by atoms with Gasteiger partial charge in [-0.3, -0.25) is 4.79 Å². The fourth-order valence-electron chi connectivity index (χ4n) is 9.62. The van der Waals surface area contributed by atoms with E-state index in [1.54, 1.807) is 0 Å². The minimum Gasteiger partial charge on any atom is -0.384 e. The molecule has 0 amide bonds. The third kappa shape index (κ3) is 3.66. The highest BCUT2D eigenvalue weighted by Gasteiger charge is 2.62. The quantitative estimate of drug-likeness (QED) is 0.492. The Balaban J connectivity index is 1.22. The van der Waals surface area contributed by atoms with Crippen molar-refractivity contribution in [2.24, 2.45) is 46.3 Å². The number of fused-ring (bicyclic) bond motifs is 6. The SMILES string of the molecule is COCC12CCC(C)CC1CC[C@H]1C3CCC(C(=O)Cn4nc5cc(F)c(F)cc5n4)C3(C)CCC12. The standard InChI is InChI=1S/C29H39F2N3O2/c1-17-8-11-29(16-36-3)18(12-17)4-5-19-20-6-7-22(28(20,2)10-9-21(19)29)27(35)15-34-32-25-13-23(30)24(31)14-26(25)33-34/h13-14,17-22H,4-12,15-16H2,1-3H3/t17?,18?,19-,20?,21?,22?,28?,29?/m0/s1. The van der Waals surface area contributed by atoms with Crippen LogP contribution in [0.4, 0.5) is 8.78 Å². The van der Waals surface area contributed by atoms with Gasteiger partial charge >= 0.3 is 0 Å². The van der Waals surface area contributed by atoms with Gasteiger partial charge in [-0.25, -0.2) is 8.78 Å². The number of aromatic nitrogens is 3. The molecule has 1 aromatic heterocycles.